The van der Waals surface area contributed by atoms with E-state index in [0.717, 1.165) is 6.29 Å². The Morgan fingerprint density at radius 1 is 1.56 bits per heavy atom. The van der Waals surface area contributed by atoms with Crippen LogP contribution in [-0.2, 0) is 4.79 Å². The van der Waals surface area contributed by atoms with E-state index in [4.69, 9.17) is 0 Å². The van der Waals surface area contributed by atoms with Crippen molar-refractivity contribution in [3.8, 4) is 0 Å². The molecule has 0 spiro atoms. The van der Waals surface area contributed by atoms with Crippen LogP contribution in [0.2, 0.25) is 0 Å². The Morgan fingerprint density at radius 2 is 2.22 bits per heavy atom. The Kier molecular flexibility index (Phi) is 1.96. The summed E-state index contributed by atoms with van der Waals surface area (Å²) in [5.41, 5.74) is 0. The van der Waals surface area contributed by atoms with Crippen molar-refractivity contribution in [1.82, 2.24) is 0 Å². The van der Waals surface area contributed by atoms with E-state index >= 15 is 0 Å². The van der Waals surface area contributed by atoms with Crippen LogP contribution in [0.15, 0.2) is 12.2 Å². The quantitative estimate of drug-likeness (QED) is 0.440. The topological polar surface area (TPSA) is 17.1 Å². The first-order chi connectivity index (χ1) is 4.33. The van der Waals surface area contributed by atoms with Gasteiger partial charge in [0, 0.05) is 4.75 Å². The zero-order valence-corrected chi connectivity index (χ0v) is 6.28. The van der Waals surface area contributed by atoms with Gasteiger partial charge < -0.3 is 0 Å². The molecular formula is C7H10OS. The number of carbonyl (C=O) groups excluding carboxylic acids is 1. The Bertz CT molecular complexity index is 136. The van der Waals surface area contributed by atoms with Crippen molar-refractivity contribution in [2.75, 3.05) is 6.26 Å². The Labute approximate surface area is 59.5 Å². The highest BCUT2D eigenvalue weighted by Gasteiger charge is 2.38. The molecular weight excluding hydrogens is 132 g/mol. The molecule has 0 aromatic heterocycles. The molecule has 9 heavy (non-hydrogen) atoms. The molecule has 0 aliphatic heterocycles. The summed E-state index contributed by atoms with van der Waals surface area (Å²) in [5, 5.41) is 0. The average molecular weight is 142 g/mol. The first-order valence-electron chi connectivity index (χ1n) is 3.01. The number of rotatable bonds is 3. The van der Waals surface area contributed by atoms with Crippen LogP contribution in [0.4, 0.5) is 0 Å². The molecule has 0 saturated heterocycles. The third-order valence-corrected chi connectivity index (χ3v) is 2.99. The molecule has 0 amide bonds. The maximum atomic E-state index is 9.90. The van der Waals surface area contributed by atoms with Gasteiger partial charge in [0.1, 0.15) is 6.29 Å². The number of hydrogen-bond acceptors (Lipinski definition) is 2. The molecule has 0 N–H and O–H groups in total. The van der Waals surface area contributed by atoms with E-state index in [1.807, 2.05) is 17.8 Å². The lowest BCUT2D eigenvalue weighted by Gasteiger charge is -2.01. The second-order valence-electron chi connectivity index (χ2n) is 2.26. The molecule has 1 nitrogen and oxygen atoms in total. The number of hydrogen-bond donors (Lipinski definition) is 0. The number of thioether (sulfide) groups is 1. The van der Waals surface area contributed by atoms with Gasteiger partial charge in [0.15, 0.2) is 0 Å². The fourth-order valence-corrected chi connectivity index (χ4v) is 1.50. The predicted molar refractivity (Wildman–Crippen MR) is 40.7 cm³/mol. The molecule has 0 aromatic rings. The zero-order valence-electron chi connectivity index (χ0n) is 5.46. The standard InChI is InChI=1S/C7H10OS/c1-9-7(4-5-7)3-2-6-8/h2-3,6H,4-5H2,1H3/b3-2+. The Balaban J connectivity index is 2.41. The number of allylic oxidation sites excluding steroid dienone is 1. The molecule has 1 saturated carbocycles. The van der Waals surface area contributed by atoms with Crippen LogP contribution in [-0.4, -0.2) is 17.3 Å². The second kappa shape index (κ2) is 2.56. The number of aldehydes is 1. The van der Waals surface area contributed by atoms with Gasteiger partial charge >= 0.3 is 0 Å². The van der Waals surface area contributed by atoms with Gasteiger partial charge in [-0.05, 0) is 25.2 Å². The van der Waals surface area contributed by atoms with Crippen LogP contribution in [0.25, 0.3) is 0 Å². The molecule has 1 fully saturated rings. The van der Waals surface area contributed by atoms with Gasteiger partial charge in [-0.1, -0.05) is 6.08 Å². The molecule has 1 aliphatic carbocycles. The lowest BCUT2D eigenvalue weighted by Crippen LogP contribution is -1.93. The summed E-state index contributed by atoms with van der Waals surface area (Å²) in [6, 6.07) is 0. The van der Waals surface area contributed by atoms with Crippen molar-refractivity contribution < 1.29 is 4.79 Å². The molecule has 0 bridgehead atoms. The second-order valence-corrected chi connectivity index (χ2v) is 3.49. The third-order valence-electron chi connectivity index (χ3n) is 1.63. The Hall–Kier alpha value is -0.240. The van der Waals surface area contributed by atoms with Crippen LogP contribution in [0.3, 0.4) is 0 Å². The summed E-state index contributed by atoms with van der Waals surface area (Å²) in [6.45, 7) is 0. The summed E-state index contributed by atoms with van der Waals surface area (Å²) in [6.07, 6.45) is 9.00. The first-order valence-corrected chi connectivity index (χ1v) is 4.24. The van der Waals surface area contributed by atoms with Crippen molar-refractivity contribution in [3.63, 3.8) is 0 Å². The van der Waals surface area contributed by atoms with Crippen LogP contribution >= 0.6 is 11.8 Å². The van der Waals surface area contributed by atoms with Crippen LogP contribution in [0.5, 0.6) is 0 Å². The number of carbonyl (C=O) groups is 1. The maximum absolute atomic E-state index is 9.90. The summed E-state index contributed by atoms with van der Waals surface area (Å²) < 4.78 is 0.348. The molecule has 0 atom stereocenters. The highest BCUT2D eigenvalue weighted by Crippen LogP contribution is 2.48. The molecule has 0 aromatic carbocycles. The summed E-state index contributed by atoms with van der Waals surface area (Å²) in [4.78, 5) is 9.90. The van der Waals surface area contributed by atoms with E-state index < -0.39 is 0 Å². The fourth-order valence-electron chi connectivity index (χ4n) is 0.777. The van der Waals surface area contributed by atoms with E-state index in [-0.39, 0.29) is 0 Å². The van der Waals surface area contributed by atoms with Gasteiger partial charge in [0.05, 0.1) is 0 Å². The fraction of sp³-hybridized carbons (Fsp3) is 0.571. The van der Waals surface area contributed by atoms with Crippen LogP contribution < -0.4 is 0 Å². The molecule has 2 heteroatoms. The summed E-state index contributed by atoms with van der Waals surface area (Å²) >= 11 is 1.83. The van der Waals surface area contributed by atoms with Gasteiger partial charge in [-0.15, -0.1) is 0 Å². The van der Waals surface area contributed by atoms with Gasteiger partial charge in [-0.25, -0.2) is 0 Å². The van der Waals surface area contributed by atoms with Crippen molar-refractivity contribution in [3.05, 3.63) is 12.2 Å². The van der Waals surface area contributed by atoms with Crippen molar-refractivity contribution in [2.24, 2.45) is 0 Å². The van der Waals surface area contributed by atoms with E-state index in [2.05, 4.69) is 6.26 Å². The molecule has 1 aliphatic rings. The van der Waals surface area contributed by atoms with Crippen LogP contribution in [0.1, 0.15) is 12.8 Å². The minimum atomic E-state index is 0.348. The van der Waals surface area contributed by atoms with E-state index in [9.17, 15) is 4.79 Å². The Morgan fingerprint density at radius 3 is 2.56 bits per heavy atom. The van der Waals surface area contributed by atoms with Crippen molar-refractivity contribution in [1.29, 1.82) is 0 Å². The largest absolute Gasteiger partial charge is 0.299 e. The van der Waals surface area contributed by atoms with Crippen LogP contribution in [0, 0.1) is 0 Å². The van der Waals surface area contributed by atoms with Gasteiger partial charge in [-0.2, -0.15) is 11.8 Å². The van der Waals surface area contributed by atoms with Gasteiger partial charge in [-0.3, -0.25) is 4.79 Å². The molecule has 1 rings (SSSR count). The zero-order chi connectivity index (χ0) is 6.74. The minimum Gasteiger partial charge on any atom is -0.299 e. The third kappa shape index (κ3) is 1.58. The minimum absolute atomic E-state index is 0.348. The monoisotopic (exact) mass is 142 g/mol. The molecule has 0 heterocycles. The van der Waals surface area contributed by atoms with Gasteiger partial charge in [0.2, 0.25) is 0 Å². The highest BCUT2D eigenvalue weighted by atomic mass is 32.2. The van der Waals surface area contributed by atoms with Crippen molar-refractivity contribution >= 4 is 18.0 Å². The maximum Gasteiger partial charge on any atom is 0.142 e. The summed E-state index contributed by atoms with van der Waals surface area (Å²) in [7, 11) is 0. The normalized spacial score (nSPS) is 22.3. The SMILES string of the molecule is CSC1(/C=C/C=O)CC1. The highest BCUT2D eigenvalue weighted by molar-refractivity contribution is 8.00. The van der Waals surface area contributed by atoms with E-state index in [1.54, 1.807) is 6.08 Å². The first kappa shape index (κ1) is 6.87. The average Bonchev–Trinajstić information content (AvgIpc) is 2.65. The van der Waals surface area contributed by atoms with Crippen molar-refractivity contribution in [2.45, 2.75) is 17.6 Å². The van der Waals surface area contributed by atoms with Gasteiger partial charge in [0.25, 0.3) is 0 Å². The molecule has 50 valence electrons. The predicted octanol–water partition coefficient (Wildman–Crippen LogP) is 1.64. The lowest BCUT2D eigenvalue weighted by atomic mass is 10.4. The lowest BCUT2D eigenvalue weighted by molar-refractivity contribution is -0.104. The molecule has 0 radical (unpaired) electrons. The van der Waals surface area contributed by atoms with E-state index in [1.165, 1.54) is 12.8 Å². The summed E-state index contributed by atoms with van der Waals surface area (Å²) in [5.74, 6) is 0. The molecule has 0 unspecified atom stereocenters. The smallest absolute Gasteiger partial charge is 0.142 e. The van der Waals surface area contributed by atoms with E-state index in [0.29, 0.717) is 4.75 Å².